The molecular weight excluding hydrogens is 360 g/mol. The normalized spacial score (nSPS) is 10.6. The first-order valence-electron chi connectivity index (χ1n) is 8.33. The molecule has 0 aliphatic carbocycles. The highest BCUT2D eigenvalue weighted by molar-refractivity contribution is 6.30. The number of nitrogens with zero attached hydrogens (tertiary/aromatic N) is 2. The second kappa shape index (κ2) is 7.43. The van der Waals surface area contributed by atoms with E-state index in [4.69, 9.17) is 11.6 Å². The number of amides is 1. The van der Waals surface area contributed by atoms with E-state index in [0.717, 1.165) is 16.6 Å². The van der Waals surface area contributed by atoms with Gasteiger partial charge in [-0.25, -0.2) is 4.98 Å². The van der Waals surface area contributed by atoms with Crippen molar-refractivity contribution in [1.29, 1.82) is 0 Å². The van der Waals surface area contributed by atoms with Crippen molar-refractivity contribution in [3.05, 3.63) is 89.7 Å². The Balaban J connectivity index is 1.50. The number of carbonyl (C=O) groups is 1. The van der Waals surface area contributed by atoms with Crippen molar-refractivity contribution < 1.29 is 4.79 Å². The molecule has 0 fully saturated rings. The average Bonchev–Trinajstić information content (AvgIpc) is 2.70. The Morgan fingerprint density at radius 3 is 2.48 bits per heavy atom. The minimum absolute atomic E-state index is 0.233. The summed E-state index contributed by atoms with van der Waals surface area (Å²) in [6.07, 6.45) is 3.29. The van der Waals surface area contributed by atoms with Crippen LogP contribution in [-0.4, -0.2) is 15.9 Å². The molecule has 0 radical (unpaired) electrons. The van der Waals surface area contributed by atoms with Crippen LogP contribution in [0.3, 0.4) is 0 Å². The number of nitrogens with one attached hydrogen (secondary N) is 2. The molecule has 2 N–H and O–H groups in total. The number of carbonyl (C=O) groups excluding carboxylic acids is 1. The number of para-hydroxylation sites is 1. The van der Waals surface area contributed by atoms with Crippen molar-refractivity contribution in [3.8, 4) is 0 Å². The lowest BCUT2D eigenvalue weighted by atomic mass is 10.2. The van der Waals surface area contributed by atoms with Crippen LogP contribution in [0.1, 0.15) is 10.4 Å². The minimum Gasteiger partial charge on any atom is -0.338 e. The molecule has 0 aliphatic heterocycles. The van der Waals surface area contributed by atoms with Gasteiger partial charge in [0.25, 0.3) is 5.91 Å². The Morgan fingerprint density at radius 1 is 0.889 bits per heavy atom. The van der Waals surface area contributed by atoms with Gasteiger partial charge >= 0.3 is 0 Å². The number of hydrogen-bond donors (Lipinski definition) is 2. The van der Waals surface area contributed by atoms with Crippen LogP contribution in [0.25, 0.3) is 10.9 Å². The van der Waals surface area contributed by atoms with Crippen molar-refractivity contribution >= 4 is 45.6 Å². The van der Waals surface area contributed by atoms with Gasteiger partial charge in [0.2, 0.25) is 0 Å². The van der Waals surface area contributed by atoms with Gasteiger partial charge < -0.3 is 10.6 Å². The van der Waals surface area contributed by atoms with Crippen LogP contribution in [0.15, 0.2) is 79.1 Å². The molecule has 0 unspecified atom stereocenters. The molecule has 0 aliphatic rings. The lowest BCUT2D eigenvalue weighted by Crippen LogP contribution is -2.12. The Morgan fingerprint density at radius 2 is 1.70 bits per heavy atom. The molecule has 1 amide bonds. The quantitative estimate of drug-likeness (QED) is 0.510. The maximum absolute atomic E-state index is 12.3. The monoisotopic (exact) mass is 374 g/mol. The van der Waals surface area contributed by atoms with Gasteiger partial charge in [0.15, 0.2) is 0 Å². The zero-order valence-electron chi connectivity index (χ0n) is 14.2. The molecule has 0 saturated carbocycles. The van der Waals surface area contributed by atoms with Gasteiger partial charge in [-0.05, 0) is 48.5 Å². The van der Waals surface area contributed by atoms with E-state index in [0.29, 0.717) is 22.1 Å². The SMILES string of the molecule is O=C(Nc1ccc(Cl)cc1)c1ccc(Nc2cccc3cccnc23)nc1. The third kappa shape index (κ3) is 3.88. The zero-order chi connectivity index (χ0) is 18.6. The predicted octanol–water partition coefficient (Wildman–Crippen LogP) is 5.28. The van der Waals surface area contributed by atoms with Gasteiger partial charge in [-0.15, -0.1) is 0 Å². The van der Waals surface area contributed by atoms with E-state index in [2.05, 4.69) is 20.6 Å². The molecule has 0 spiro atoms. The smallest absolute Gasteiger partial charge is 0.257 e. The fourth-order valence-corrected chi connectivity index (χ4v) is 2.81. The molecule has 0 bridgehead atoms. The number of anilines is 3. The van der Waals surface area contributed by atoms with Gasteiger partial charge in [-0.3, -0.25) is 9.78 Å². The number of benzene rings is 2. The lowest BCUT2D eigenvalue weighted by molar-refractivity contribution is 0.102. The molecular formula is C21H15ClN4O. The number of aromatic nitrogens is 2. The number of rotatable bonds is 4. The van der Waals surface area contributed by atoms with Crippen LogP contribution >= 0.6 is 11.6 Å². The molecule has 6 heteroatoms. The van der Waals surface area contributed by atoms with E-state index in [1.165, 1.54) is 6.20 Å². The molecule has 132 valence electrons. The average molecular weight is 375 g/mol. The predicted molar refractivity (Wildman–Crippen MR) is 109 cm³/mol. The zero-order valence-corrected chi connectivity index (χ0v) is 14.9. The van der Waals surface area contributed by atoms with Gasteiger partial charge in [0.05, 0.1) is 16.8 Å². The first-order valence-corrected chi connectivity index (χ1v) is 8.70. The van der Waals surface area contributed by atoms with Crippen LogP contribution in [-0.2, 0) is 0 Å². The maximum atomic E-state index is 12.3. The van der Waals surface area contributed by atoms with Crippen molar-refractivity contribution in [2.24, 2.45) is 0 Å². The fraction of sp³-hybridized carbons (Fsp3) is 0. The molecule has 2 heterocycles. The summed E-state index contributed by atoms with van der Waals surface area (Å²) in [4.78, 5) is 21.1. The van der Waals surface area contributed by atoms with E-state index in [-0.39, 0.29) is 5.91 Å². The fourth-order valence-electron chi connectivity index (χ4n) is 2.68. The number of halogens is 1. The first kappa shape index (κ1) is 17.0. The molecule has 2 aromatic carbocycles. The van der Waals surface area contributed by atoms with Crippen LogP contribution in [0.5, 0.6) is 0 Å². The summed E-state index contributed by atoms with van der Waals surface area (Å²) in [6.45, 7) is 0. The Hall–Kier alpha value is -3.44. The summed E-state index contributed by atoms with van der Waals surface area (Å²) in [7, 11) is 0. The van der Waals surface area contributed by atoms with E-state index < -0.39 is 0 Å². The summed E-state index contributed by atoms with van der Waals surface area (Å²) in [6, 6.07) is 20.2. The van der Waals surface area contributed by atoms with Crippen molar-refractivity contribution in [3.63, 3.8) is 0 Å². The molecule has 27 heavy (non-hydrogen) atoms. The summed E-state index contributed by atoms with van der Waals surface area (Å²) in [5, 5.41) is 7.72. The summed E-state index contributed by atoms with van der Waals surface area (Å²) >= 11 is 5.85. The third-order valence-corrected chi connectivity index (χ3v) is 4.28. The largest absolute Gasteiger partial charge is 0.338 e. The van der Waals surface area contributed by atoms with Crippen molar-refractivity contribution in [2.75, 3.05) is 10.6 Å². The Labute approximate surface area is 161 Å². The van der Waals surface area contributed by atoms with E-state index in [1.807, 2.05) is 30.3 Å². The van der Waals surface area contributed by atoms with Crippen LogP contribution in [0.4, 0.5) is 17.2 Å². The third-order valence-electron chi connectivity index (χ3n) is 4.02. The highest BCUT2D eigenvalue weighted by Crippen LogP contribution is 2.23. The highest BCUT2D eigenvalue weighted by atomic mass is 35.5. The summed E-state index contributed by atoms with van der Waals surface area (Å²) in [5.41, 5.74) is 2.87. The van der Waals surface area contributed by atoms with E-state index in [1.54, 1.807) is 42.6 Å². The topological polar surface area (TPSA) is 66.9 Å². The molecule has 0 saturated heterocycles. The number of pyridine rings is 2. The second-order valence-corrected chi connectivity index (χ2v) is 6.34. The minimum atomic E-state index is -0.233. The maximum Gasteiger partial charge on any atom is 0.257 e. The molecule has 5 nitrogen and oxygen atoms in total. The van der Waals surface area contributed by atoms with Gasteiger partial charge in [0, 0.05) is 28.5 Å². The number of hydrogen-bond acceptors (Lipinski definition) is 4. The molecule has 0 atom stereocenters. The van der Waals surface area contributed by atoms with Gasteiger partial charge in [-0.2, -0.15) is 0 Å². The van der Waals surface area contributed by atoms with Crippen molar-refractivity contribution in [2.45, 2.75) is 0 Å². The number of fused-ring (bicyclic) bond motifs is 1. The van der Waals surface area contributed by atoms with Gasteiger partial charge in [-0.1, -0.05) is 29.8 Å². The highest BCUT2D eigenvalue weighted by Gasteiger charge is 2.08. The second-order valence-electron chi connectivity index (χ2n) is 5.90. The van der Waals surface area contributed by atoms with Crippen LogP contribution in [0.2, 0.25) is 5.02 Å². The summed E-state index contributed by atoms with van der Waals surface area (Å²) in [5.74, 6) is 0.402. The van der Waals surface area contributed by atoms with E-state index >= 15 is 0 Å². The standard InChI is InChI=1S/C21H15ClN4O/c22-16-7-9-17(10-8-16)25-21(27)15-6-11-19(24-13-15)26-18-5-1-3-14-4-2-12-23-20(14)18/h1-13H,(H,24,26)(H,25,27). The van der Waals surface area contributed by atoms with Crippen LogP contribution < -0.4 is 10.6 Å². The summed E-state index contributed by atoms with van der Waals surface area (Å²) < 4.78 is 0. The van der Waals surface area contributed by atoms with Gasteiger partial charge in [0.1, 0.15) is 5.82 Å². The van der Waals surface area contributed by atoms with E-state index in [9.17, 15) is 4.79 Å². The lowest BCUT2D eigenvalue weighted by Gasteiger charge is -2.09. The van der Waals surface area contributed by atoms with Crippen molar-refractivity contribution in [1.82, 2.24) is 9.97 Å². The Bertz CT molecular complexity index is 1090. The Kier molecular flexibility index (Phi) is 4.68. The molecule has 4 aromatic rings. The molecule has 2 aromatic heterocycles. The first-order chi connectivity index (χ1) is 13.2. The molecule has 4 rings (SSSR count). The van der Waals surface area contributed by atoms with Crippen LogP contribution in [0, 0.1) is 0 Å².